The molecule has 2 heteroatoms. The molecule has 0 aromatic heterocycles. The van der Waals surface area contributed by atoms with Crippen molar-refractivity contribution in [2.75, 3.05) is 6.54 Å². The average Bonchev–Trinajstić information content (AvgIpc) is 3.29. The van der Waals surface area contributed by atoms with Crippen LogP contribution in [0.15, 0.2) is 42.7 Å². The predicted octanol–water partition coefficient (Wildman–Crippen LogP) is 11.2. The number of benzene rings is 1. The fourth-order valence-corrected chi connectivity index (χ4v) is 5.84. The van der Waals surface area contributed by atoms with Gasteiger partial charge in [0.25, 0.3) is 0 Å². The highest BCUT2D eigenvalue weighted by Gasteiger charge is 2.25. The molecule has 0 radical (unpaired) electrons. The Bertz CT molecular complexity index is 640. The van der Waals surface area contributed by atoms with E-state index >= 15 is 0 Å². The van der Waals surface area contributed by atoms with Crippen molar-refractivity contribution in [3.05, 3.63) is 48.3 Å². The predicted molar refractivity (Wildman–Crippen MR) is 165 cm³/mol. The summed E-state index contributed by atoms with van der Waals surface area (Å²) < 4.78 is 0. The second-order valence-electron chi connectivity index (χ2n) is 11.7. The van der Waals surface area contributed by atoms with Crippen LogP contribution < -0.4 is 0 Å². The summed E-state index contributed by atoms with van der Waals surface area (Å²) >= 11 is 0. The topological polar surface area (TPSA) is 6.48 Å². The maximum atomic E-state index is 2.66. The zero-order valence-corrected chi connectivity index (χ0v) is 25.0. The van der Waals surface area contributed by atoms with Gasteiger partial charge in [-0.1, -0.05) is 166 Å². The van der Waals surface area contributed by atoms with Gasteiger partial charge in [-0.2, -0.15) is 0 Å². The third kappa shape index (κ3) is 15.5. The van der Waals surface area contributed by atoms with Gasteiger partial charge in [-0.05, 0) is 24.8 Å². The Labute approximate surface area is 232 Å². The molecular formula is C35H62N2. The van der Waals surface area contributed by atoms with Gasteiger partial charge in [-0.3, -0.25) is 0 Å². The van der Waals surface area contributed by atoms with E-state index in [0.717, 1.165) is 6.54 Å². The molecule has 1 atom stereocenters. The molecule has 212 valence electrons. The fourth-order valence-electron chi connectivity index (χ4n) is 5.84. The Morgan fingerprint density at radius 2 is 0.919 bits per heavy atom. The summed E-state index contributed by atoms with van der Waals surface area (Å²) in [5, 5.41) is 0. The molecular weight excluding hydrogens is 448 g/mol. The Morgan fingerprint density at radius 3 is 1.43 bits per heavy atom. The smallest absolute Gasteiger partial charge is 0.101 e. The second kappa shape index (κ2) is 22.5. The highest BCUT2D eigenvalue weighted by Crippen LogP contribution is 2.25. The zero-order valence-electron chi connectivity index (χ0n) is 25.0. The summed E-state index contributed by atoms with van der Waals surface area (Å²) in [5.41, 5.74) is 1.43. The first kappa shape index (κ1) is 31.8. The third-order valence-corrected chi connectivity index (χ3v) is 8.26. The zero-order chi connectivity index (χ0) is 26.2. The summed E-state index contributed by atoms with van der Waals surface area (Å²) in [6.07, 6.45) is 36.4. The summed E-state index contributed by atoms with van der Waals surface area (Å²) in [6.45, 7) is 6.87. The fraction of sp³-hybridized carbons (Fsp3) is 0.771. The van der Waals surface area contributed by atoms with Crippen molar-refractivity contribution < 1.29 is 0 Å². The van der Waals surface area contributed by atoms with E-state index in [0.29, 0.717) is 6.17 Å². The molecule has 2 nitrogen and oxygen atoms in total. The minimum atomic E-state index is 0.553. The lowest BCUT2D eigenvalue weighted by Crippen LogP contribution is -2.38. The molecule has 0 spiro atoms. The van der Waals surface area contributed by atoms with Gasteiger partial charge in [0, 0.05) is 25.5 Å². The maximum Gasteiger partial charge on any atom is 0.101 e. The number of hydrogen-bond acceptors (Lipinski definition) is 2. The highest BCUT2D eigenvalue weighted by atomic mass is 15.4. The maximum absolute atomic E-state index is 2.66. The van der Waals surface area contributed by atoms with Crippen LogP contribution in [-0.4, -0.2) is 22.5 Å². The van der Waals surface area contributed by atoms with E-state index in [9.17, 15) is 0 Å². The van der Waals surface area contributed by atoms with Crippen LogP contribution in [0.4, 0.5) is 0 Å². The van der Waals surface area contributed by atoms with E-state index in [1.54, 1.807) is 0 Å². The molecule has 0 amide bonds. The van der Waals surface area contributed by atoms with Crippen LogP contribution in [0.25, 0.3) is 0 Å². The van der Waals surface area contributed by atoms with Crippen molar-refractivity contribution in [2.24, 2.45) is 0 Å². The van der Waals surface area contributed by atoms with E-state index < -0.39 is 0 Å². The molecule has 1 aromatic rings. The van der Waals surface area contributed by atoms with E-state index in [2.05, 4.69) is 66.4 Å². The molecule has 1 aliphatic rings. The van der Waals surface area contributed by atoms with E-state index in [-0.39, 0.29) is 0 Å². The molecule has 0 aliphatic carbocycles. The van der Waals surface area contributed by atoms with Crippen LogP contribution in [0.3, 0.4) is 0 Å². The number of nitrogens with zero attached hydrogens (tertiary/aromatic N) is 2. The van der Waals surface area contributed by atoms with Crippen molar-refractivity contribution in [3.8, 4) is 0 Å². The van der Waals surface area contributed by atoms with Gasteiger partial charge >= 0.3 is 0 Å². The van der Waals surface area contributed by atoms with Gasteiger partial charge in [0.1, 0.15) is 6.17 Å². The SMILES string of the molecule is CCCCCCCCCCCCCCN1C=CN(Cc2ccccc2)C1CCCCCCCCCCC. The number of hydrogen-bond donors (Lipinski definition) is 0. The van der Waals surface area contributed by atoms with E-state index in [1.165, 1.54) is 153 Å². The van der Waals surface area contributed by atoms with Crippen LogP contribution in [0, 0.1) is 0 Å². The molecule has 0 bridgehead atoms. The third-order valence-electron chi connectivity index (χ3n) is 8.26. The van der Waals surface area contributed by atoms with Crippen LogP contribution in [-0.2, 0) is 6.54 Å². The standard InChI is InChI=1S/C35H62N2/c1-3-5-7-9-11-13-14-15-17-19-21-26-30-36-31-32-37(33-34-27-23-22-24-28-34)35(36)29-25-20-18-16-12-10-8-6-4-2/h22-24,27-28,31-32,35H,3-21,25-26,29-30,33H2,1-2H3. The summed E-state index contributed by atoms with van der Waals surface area (Å²) in [4.78, 5) is 5.25. The summed E-state index contributed by atoms with van der Waals surface area (Å²) in [6, 6.07) is 11.0. The number of unbranched alkanes of at least 4 members (excludes halogenated alkanes) is 19. The molecule has 0 N–H and O–H groups in total. The monoisotopic (exact) mass is 510 g/mol. The van der Waals surface area contributed by atoms with Crippen molar-refractivity contribution in [1.82, 2.24) is 9.80 Å². The average molecular weight is 511 g/mol. The van der Waals surface area contributed by atoms with Gasteiger partial charge in [0.2, 0.25) is 0 Å². The largest absolute Gasteiger partial charge is 0.356 e. The molecule has 1 aromatic carbocycles. The first-order valence-electron chi connectivity index (χ1n) is 16.6. The molecule has 37 heavy (non-hydrogen) atoms. The molecule has 1 heterocycles. The Morgan fingerprint density at radius 1 is 0.486 bits per heavy atom. The van der Waals surface area contributed by atoms with Gasteiger partial charge in [-0.15, -0.1) is 0 Å². The summed E-state index contributed by atoms with van der Waals surface area (Å²) in [7, 11) is 0. The van der Waals surface area contributed by atoms with Gasteiger partial charge in [-0.25, -0.2) is 0 Å². The molecule has 0 saturated heterocycles. The first-order chi connectivity index (χ1) is 18.3. The van der Waals surface area contributed by atoms with Crippen LogP contribution in [0.1, 0.15) is 161 Å². The highest BCUT2D eigenvalue weighted by molar-refractivity contribution is 5.16. The van der Waals surface area contributed by atoms with Crippen LogP contribution in [0.2, 0.25) is 0 Å². The van der Waals surface area contributed by atoms with Gasteiger partial charge in [0.05, 0.1) is 0 Å². The van der Waals surface area contributed by atoms with Gasteiger partial charge in [0.15, 0.2) is 0 Å². The van der Waals surface area contributed by atoms with Crippen LogP contribution in [0.5, 0.6) is 0 Å². The lowest BCUT2D eigenvalue weighted by atomic mass is 10.0. The quantitative estimate of drug-likeness (QED) is 0.121. The minimum absolute atomic E-state index is 0.553. The molecule has 1 unspecified atom stereocenters. The molecule has 2 rings (SSSR count). The first-order valence-corrected chi connectivity index (χ1v) is 16.6. The lowest BCUT2D eigenvalue weighted by Gasteiger charge is -2.33. The van der Waals surface area contributed by atoms with Crippen molar-refractivity contribution >= 4 is 0 Å². The summed E-state index contributed by atoms with van der Waals surface area (Å²) in [5.74, 6) is 0. The molecule has 1 aliphatic heterocycles. The lowest BCUT2D eigenvalue weighted by molar-refractivity contribution is 0.132. The Balaban J connectivity index is 1.61. The van der Waals surface area contributed by atoms with Crippen molar-refractivity contribution in [1.29, 1.82) is 0 Å². The van der Waals surface area contributed by atoms with Gasteiger partial charge < -0.3 is 9.80 Å². The second-order valence-corrected chi connectivity index (χ2v) is 11.7. The molecule has 0 saturated carbocycles. The minimum Gasteiger partial charge on any atom is -0.356 e. The van der Waals surface area contributed by atoms with E-state index in [4.69, 9.17) is 0 Å². The normalized spacial score (nSPS) is 15.2. The number of rotatable bonds is 25. The van der Waals surface area contributed by atoms with E-state index in [1.807, 2.05) is 0 Å². The van der Waals surface area contributed by atoms with Crippen molar-refractivity contribution in [3.63, 3.8) is 0 Å². The molecule has 0 fully saturated rings. The van der Waals surface area contributed by atoms with Crippen molar-refractivity contribution in [2.45, 2.75) is 168 Å². The van der Waals surface area contributed by atoms with Crippen LogP contribution >= 0.6 is 0 Å². The Kier molecular flexibility index (Phi) is 19.4. The Hall–Kier alpha value is -1.44.